The van der Waals surface area contributed by atoms with E-state index in [1.165, 1.54) is 29.2 Å². The van der Waals surface area contributed by atoms with Gasteiger partial charge >= 0.3 is 0 Å². The van der Waals surface area contributed by atoms with Crippen molar-refractivity contribution in [1.29, 1.82) is 0 Å². The van der Waals surface area contributed by atoms with E-state index in [0.29, 0.717) is 17.7 Å². The highest BCUT2D eigenvalue weighted by molar-refractivity contribution is 6.46. The Hall–Kier alpha value is -4.46. The molecule has 1 fully saturated rings. The fraction of sp³-hybridized carbons (Fsp3) is 0.267. The second kappa shape index (κ2) is 10.5. The number of aliphatic hydroxyl groups excluding tert-OH is 1. The van der Waals surface area contributed by atoms with Crippen molar-refractivity contribution in [2.75, 3.05) is 13.7 Å². The summed E-state index contributed by atoms with van der Waals surface area (Å²) in [7, 11) is 1.58. The molecule has 1 aliphatic heterocycles. The maximum absolute atomic E-state index is 13.3. The molecule has 8 nitrogen and oxygen atoms in total. The van der Waals surface area contributed by atoms with Gasteiger partial charge in [0, 0.05) is 24.2 Å². The van der Waals surface area contributed by atoms with E-state index in [0.717, 1.165) is 11.1 Å². The number of carbonyl (C=O) groups excluding carboxylic acids is 2. The Morgan fingerprint density at radius 1 is 1.03 bits per heavy atom. The van der Waals surface area contributed by atoms with Crippen molar-refractivity contribution in [2.45, 2.75) is 38.6 Å². The zero-order valence-electron chi connectivity index (χ0n) is 21.8. The van der Waals surface area contributed by atoms with Crippen molar-refractivity contribution in [1.82, 2.24) is 4.90 Å². The predicted molar refractivity (Wildman–Crippen MR) is 144 cm³/mol. The van der Waals surface area contributed by atoms with Crippen LogP contribution in [-0.4, -0.2) is 40.3 Å². The van der Waals surface area contributed by atoms with Crippen LogP contribution < -0.4 is 4.74 Å². The van der Waals surface area contributed by atoms with Crippen LogP contribution in [0.25, 0.3) is 5.76 Å². The highest BCUT2D eigenvalue weighted by atomic mass is 16.6. The Morgan fingerprint density at radius 2 is 1.68 bits per heavy atom. The van der Waals surface area contributed by atoms with E-state index in [9.17, 15) is 24.8 Å². The first kappa shape index (κ1) is 26.6. The topological polar surface area (TPSA) is 110 Å². The molecule has 1 amide bonds. The van der Waals surface area contributed by atoms with Gasteiger partial charge in [0.1, 0.15) is 11.5 Å². The van der Waals surface area contributed by atoms with E-state index in [2.05, 4.69) is 20.8 Å². The van der Waals surface area contributed by atoms with Gasteiger partial charge in [-0.15, -0.1) is 0 Å². The zero-order chi connectivity index (χ0) is 27.6. The van der Waals surface area contributed by atoms with Crippen LogP contribution in [0.3, 0.4) is 0 Å². The normalized spacial score (nSPS) is 17.1. The molecule has 0 bridgehead atoms. The van der Waals surface area contributed by atoms with Crippen LogP contribution in [-0.2, 0) is 21.4 Å². The van der Waals surface area contributed by atoms with Gasteiger partial charge < -0.3 is 14.7 Å². The van der Waals surface area contributed by atoms with E-state index < -0.39 is 28.4 Å². The van der Waals surface area contributed by atoms with Crippen LogP contribution >= 0.6 is 0 Å². The average Bonchev–Trinajstić information content (AvgIpc) is 3.16. The summed E-state index contributed by atoms with van der Waals surface area (Å²) in [5.41, 5.74) is 2.38. The van der Waals surface area contributed by atoms with Gasteiger partial charge in [0.25, 0.3) is 17.4 Å². The first-order chi connectivity index (χ1) is 18.0. The molecule has 1 unspecified atom stereocenters. The van der Waals surface area contributed by atoms with E-state index in [-0.39, 0.29) is 28.8 Å². The number of amides is 1. The number of nitro benzene ring substituents is 1. The zero-order valence-corrected chi connectivity index (χ0v) is 21.8. The Morgan fingerprint density at radius 3 is 2.26 bits per heavy atom. The van der Waals surface area contributed by atoms with Crippen molar-refractivity contribution >= 4 is 23.1 Å². The summed E-state index contributed by atoms with van der Waals surface area (Å²) < 4.78 is 5.21. The van der Waals surface area contributed by atoms with E-state index in [4.69, 9.17) is 4.74 Å². The van der Waals surface area contributed by atoms with Gasteiger partial charge in [0.2, 0.25) is 0 Å². The summed E-state index contributed by atoms with van der Waals surface area (Å²) in [5, 5.41) is 22.5. The van der Waals surface area contributed by atoms with Gasteiger partial charge in [-0.25, -0.2) is 0 Å². The summed E-state index contributed by atoms with van der Waals surface area (Å²) in [6.45, 7) is 6.50. The molecule has 1 heterocycles. The number of aliphatic hydroxyl groups is 1. The highest BCUT2D eigenvalue weighted by Gasteiger charge is 2.46. The first-order valence-electron chi connectivity index (χ1n) is 12.3. The average molecular weight is 515 g/mol. The minimum absolute atomic E-state index is 0.0891. The summed E-state index contributed by atoms with van der Waals surface area (Å²) in [6, 6.07) is 19.6. The van der Waals surface area contributed by atoms with E-state index in [1.54, 1.807) is 7.11 Å². The second-order valence-electron chi connectivity index (χ2n) is 10.3. The molecule has 3 aromatic rings. The molecule has 4 rings (SSSR count). The molecule has 0 spiro atoms. The van der Waals surface area contributed by atoms with Gasteiger partial charge in [-0.2, -0.15) is 0 Å². The number of methoxy groups -OCH3 is 1. The van der Waals surface area contributed by atoms with E-state index >= 15 is 0 Å². The standard InChI is InChI=1S/C30H30N2O6/c1-30(2,3)22-12-10-20(11-13-22)26-25(27(33)21-6-5-7-23(18-21)32(36)37)28(34)29(35)31(26)17-16-19-8-14-24(38-4)15-9-19/h5-15,18,26,33H,16-17H2,1-4H3/b27-25-. The number of nitrogens with zero attached hydrogens (tertiary/aromatic N) is 2. The van der Waals surface area contributed by atoms with Crippen molar-refractivity contribution in [3.8, 4) is 5.75 Å². The molecule has 1 atom stereocenters. The fourth-order valence-electron chi connectivity index (χ4n) is 4.59. The molecule has 0 radical (unpaired) electrons. The third-order valence-electron chi connectivity index (χ3n) is 6.76. The number of carbonyl (C=O) groups is 2. The van der Waals surface area contributed by atoms with Gasteiger partial charge in [0.05, 0.1) is 23.6 Å². The molecule has 1 aliphatic rings. The summed E-state index contributed by atoms with van der Waals surface area (Å²) >= 11 is 0. The molecule has 0 aromatic heterocycles. The quantitative estimate of drug-likeness (QED) is 0.145. The SMILES string of the molecule is COc1ccc(CCN2C(=O)C(=O)/C(=C(\O)c3cccc([N+](=O)[O-])c3)C2c2ccc(C(C)(C)C)cc2)cc1. The highest BCUT2D eigenvalue weighted by Crippen LogP contribution is 2.40. The van der Waals surface area contributed by atoms with Crippen molar-refractivity contribution in [3.63, 3.8) is 0 Å². The van der Waals surface area contributed by atoms with Crippen LogP contribution in [0.5, 0.6) is 5.75 Å². The molecular weight excluding hydrogens is 484 g/mol. The van der Waals surface area contributed by atoms with Gasteiger partial charge in [-0.05, 0) is 40.7 Å². The number of hydrogen-bond donors (Lipinski definition) is 1. The lowest BCUT2D eigenvalue weighted by atomic mass is 9.85. The third kappa shape index (κ3) is 5.29. The smallest absolute Gasteiger partial charge is 0.295 e. The largest absolute Gasteiger partial charge is 0.507 e. The van der Waals surface area contributed by atoms with Gasteiger partial charge in [-0.3, -0.25) is 19.7 Å². The molecule has 0 saturated carbocycles. The van der Waals surface area contributed by atoms with Crippen LogP contribution in [0.1, 0.15) is 49.1 Å². The van der Waals surface area contributed by atoms with Gasteiger partial charge in [-0.1, -0.05) is 69.3 Å². The second-order valence-corrected chi connectivity index (χ2v) is 10.3. The predicted octanol–water partition coefficient (Wildman–Crippen LogP) is 5.57. The van der Waals surface area contributed by atoms with Crippen molar-refractivity contribution in [2.24, 2.45) is 0 Å². The minimum Gasteiger partial charge on any atom is -0.507 e. The van der Waals surface area contributed by atoms with Crippen molar-refractivity contribution in [3.05, 3.63) is 111 Å². The Labute approximate surface area is 221 Å². The molecule has 1 N–H and O–H groups in total. The number of likely N-dealkylation sites (tertiary alicyclic amines) is 1. The number of ether oxygens (including phenoxy) is 1. The minimum atomic E-state index is -0.846. The molecular formula is C30H30N2O6. The molecule has 8 heteroatoms. The summed E-state index contributed by atoms with van der Waals surface area (Å²) in [5.74, 6) is -1.28. The maximum Gasteiger partial charge on any atom is 0.295 e. The Balaban J connectivity index is 1.78. The van der Waals surface area contributed by atoms with Crippen molar-refractivity contribution < 1.29 is 24.4 Å². The van der Waals surface area contributed by atoms with Gasteiger partial charge in [0.15, 0.2) is 0 Å². The molecule has 1 saturated heterocycles. The lowest BCUT2D eigenvalue weighted by Crippen LogP contribution is -2.31. The lowest BCUT2D eigenvalue weighted by Gasteiger charge is -2.26. The number of benzene rings is 3. The van der Waals surface area contributed by atoms with Crippen LogP contribution in [0.2, 0.25) is 0 Å². The molecule has 196 valence electrons. The molecule has 0 aliphatic carbocycles. The number of non-ortho nitro benzene ring substituents is 1. The maximum atomic E-state index is 13.3. The summed E-state index contributed by atoms with van der Waals surface area (Å²) in [6.07, 6.45) is 0.477. The van der Waals surface area contributed by atoms with Crippen LogP contribution in [0.4, 0.5) is 5.69 Å². The van der Waals surface area contributed by atoms with Crippen LogP contribution in [0.15, 0.2) is 78.4 Å². The number of rotatable bonds is 7. The number of hydrogen-bond acceptors (Lipinski definition) is 6. The summed E-state index contributed by atoms with van der Waals surface area (Å²) in [4.78, 5) is 38.7. The molecule has 38 heavy (non-hydrogen) atoms. The number of Topliss-reactive ketones (excluding diaryl/α,β-unsaturated/α-hetero) is 1. The fourth-order valence-corrected chi connectivity index (χ4v) is 4.59. The monoisotopic (exact) mass is 514 g/mol. The molecule has 3 aromatic carbocycles. The number of nitro groups is 1. The van der Waals surface area contributed by atoms with E-state index in [1.807, 2.05) is 48.5 Å². The number of ketones is 1. The Bertz CT molecular complexity index is 1400. The Kier molecular flexibility index (Phi) is 7.35. The van der Waals surface area contributed by atoms with Crippen LogP contribution in [0, 0.1) is 10.1 Å². The lowest BCUT2D eigenvalue weighted by molar-refractivity contribution is -0.384. The third-order valence-corrected chi connectivity index (χ3v) is 6.76. The first-order valence-corrected chi connectivity index (χ1v) is 12.3.